The molecule has 0 fully saturated rings. The molecular formula is C34H39N7O4S2. The van der Waals surface area contributed by atoms with Crippen molar-refractivity contribution in [1.82, 2.24) is 35.8 Å². The minimum Gasteiger partial charge on any atom is -0.351 e. The number of carbonyl (C=O) groups excluding carboxylic acids is 4. The number of pyridine rings is 1. The van der Waals surface area contributed by atoms with Crippen molar-refractivity contribution in [3.05, 3.63) is 97.1 Å². The van der Waals surface area contributed by atoms with E-state index in [1.54, 1.807) is 10.8 Å². The Kier molecular flexibility index (Phi) is 11.1. The van der Waals surface area contributed by atoms with Gasteiger partial charge in [-0.2, -0.15) is 0 Å². The predicted octanol–water partition coefficient (Wildman–Crippen LogP) is 4.34. The van der Waals surface area contributed by atoms with Crippen LogP contribution in [0.1, 0.15) is 85.9 Å². The van der Waals surface area contributed by atoms with Crippen LogP contribution in [-0.4, -0.2) is 63.1 Å². The lowest BCUT2D eigenvalue weighted by Gasteiger charge is -2.24. The number of thiazole rings is 2. The van der Waals surface area contributed by atoms with Gasteiger partial charge in [-0.3, -0.25) is 24.2 Å². The predicted molar refractivity (Wildman–Crippen MR) is 181 cm³/mol. The molecule has 1 aromatic carbocycles. The summed E-state index contributed by atoms with van der Waals surface area (Å²) in [6.07, 6.45) is 0.998. The van der Waals surface area contributed by atoms with E-state index in [-0.39, 0.29) is 67.0 Å². The van der Waals surface area contributed by atoms with Gasteiger partial charge in [0.1, 0.15) is 21.4 Å². The second-order valence-electron chi connectivity index (χ2n) is 12.0. The highest BCUT2D eigenvalue weighted by molar-refractivity contribution is 7.10. The van der Waals surface area contributed by atoms with Crippen LogP contribution in [0.4, 0.5) is 0 Å². The lowest BCUT2D eigenvalue weighted by atomic mass is 10.0. The first kappa shape index (κ1) is 33.9. The van der Waals surface area contributed by atoms with Crippen molar-refractivity contribution in [3.63, 3.8) is 0 Å². The Labute approximate surface area is 282 Å². The molecule has 0 saturated carbocycles. The number of aromatic nitrogens is 3. The average Bonchev–Trinajstić information content (AvgIpc) is 3.71. The molecule has 0 spiro atoms. The van der Waals surface area contributed by atoms with Gasteiger partial charge in [0.2, 0.25) is 11.8 Å². The van der Waals surface area contributed by atoms with Crippen molar-refractivity contribution in [2.75, 3.05) is 19.6 Å². The normalized spacial score (nSPS) is 18.1. The van der Waals surface area contributed by atoms with Crippen molar-refractivity contribution in [1.29, 1.82) is 0 Å². The topological polar surface area (TPSA) is 146 Å². The molecule has 5 rings (SSSR count). The van der Waals surface area contributed by atoms with E-state index in [0.717, 1.165) is 22.5 Å². The quantitative estimate of drug-likeness (QED) is 0.286. The highest BCUT2D eigenvalue weighted by Gasteiger charge is 2.27. The van der Waals surface area contributed by atoms with Crippen LogP contribution in [0.2, 0.25) is 0 Å². The molecule has 0 radical (unpaired) electrons. The highest BCUT2D eigenvalue weighted by atomic mass is 32.1. The summed E-state index contributed by atoms with van der Waals surface area (Å²) in [5.41, 5.74) is 3.93. The fourth-order valence-corrected chi connectivity index (χ4v) is 7.31. The summed E-state index contributed by atoms with van der Waals surface area (Å²) in [7, 11) is 0. The minimum absolute atomic E-state index is 0.00171. The fraction of sp³-hybridized carbons (Fsp3) is 0.382. The number of benzene rings is 1. The van der Waals surface area contributed by atoms with E-state index in [0.29, 0.717) is 22.9 Å². The number of fused-ring (bicyclic) bond motifs is 4. The Hall–Kier alpha value is -4.49. The smallest absolute Gasteiger partial charge is 0.271 e. The molecule has 2 atom stereocenters. The Morgan fingerprint density at radius 1 is 0.894 bits per heavy atom. The third-order valence-corrected chi connectivity index (χ3v) is 9.60. The number of hydrogen-bond donors (Lipinski definition) is 3. The zero-order valence-electron chi connectivity index (χ0n) is 26.9. The van der Waals surface area contributed by atoms with Crippen molar-refractivity contribution in [2.24, 2.45) is 5.92 Å². The first-order valence-corrected chi connectivity index (χ1v) is 17.4. The molecular weight excluding hydrogens is 635 g/mol. The number of nitrogens with one attached hydrogen (secondary N) is 3. The van der Waals surface area contributed by atoms with Crippen LogP contribution in [-0.2, 0) is 22.4 Å². The molecule has 11 nitrogen and oxygen atoms in total. The fourth-order valence-electron chi connectivity index (χ4n) is 5.44. The molecule has 4 heterocycles. The van der Waals surface area contributed by atoms with Gasteiger partial charge >= 0.3 is 0 Å². The van der Waals surface area contributed by atoms with Gasteiger partial charge in [0.15, 0.2) is 0 Å². The molecule has 3 aromatic heterocycles. The summed E-state index contributed by atoms with van der Waals surface area (Å²) in [5.74, 6) is -1.26. The van der Waals surface area contributed by atoms with Gasteiger partial charge in [-0.05, 0) is 55.9 Å². The zero-order chi connectivity index (χ0) is 33.5. The molecule has 0 aliphatic carbocycles. The molecule has 4 aromatic rings. The van der Waals surface area contributed by atoms with Crippen LogP contribution < -0.4 is 16.0 Å². The molecule has 13 heteroatoms. The van der Waals surface area contributed by atoms with E-state index < -0.39 is 12.1 Å². The number of hydrogen-bond acceptors (Lipinski definition) is 9. The Balaban J connectivity index is 1.45. The Morgan fingerprint density at radius 2 is 1.55 bits per heavy atom. The maximum absolute atomic E-state index is 13.6. The van der Waals surface area contributed by atoms with Gasteiger partial charge in [-0.15, -0.1) is 22.7 Å². The second-order valence-corrected chi connectivity index (χ2v) is 13.8. The van der Waals surface area contributed by atoms with Crippen molar-refractivity contribution >= 4 is 46.3 Å². The maximum atomic E-state index is 13.6. The standard InChI is InChI=1S/C34H39N7O4S2/c1-20(2)30-34-39-26(18-47-34)31(44)35-11-8-12-41(29(43)16-24-13-21(3)36-22(4)14-24)17-28(42)37-25(15-23-9-6-5-7-10-23)33-38-27(19-46-33)32(45)40-30/h5-7,9-10,13-14,18-20,25,30H,8,11-12,15-17H2,1-4H3,(H,35,44)(H,37,42)(H,40,45)/t25-,30-/m0/s1. The van der Waals surface area contributed by atoms with E-state index in [1.165, 1.54) is 27.6 Å². The Morgan fingerprint density at radius 3 is 2.26 bits per heavy atom. The van der Waals surface area contributed by atoms with E-state index in [1.807, 2.05) is 70.2 Å². The number of aryl methyl sites for hydroxylation is 2. The first-order valence-electron chi connectivity index (χ1n) is 15.6. The summed E-state index contributed by atoms with van der Waals surface area (Å²) in [5, 5.41) is 13.6. The summed E-state index contributed by atoms with van der Waals surface area (Å²) in [4.78, 5) is 68.7. The van der Waals surface area contributed by atoms with Gasteiger partial charge in [-0.25, -0.2) is 9.97 Å². The van der Waals surface area contributed by atoms with Gasteiger partial charge in [0.25, 0.3) is 11.8 Å². The Bertz CT molecular complexity index is 1720. The van der Waals surface area contributed by atoms with Gasteiger partial charge in [0, 0.05) is 35.2 Å². The van der Waals surface area contributed by atoms with Crippen molar-refractivity contribution < 1.29 is 19.2 Å². The molecule has 0 saturated heterocycles. The molecule has 1 aliphatic heterocycles. The average molecular weight is 674 g/mol. The summed E-state index contributed by atoms with van der Waals surface area (Å²) < 4.78 is 0. The highest BCUT2D eigenvalue weighted by Crippen LogP contribution is 2.27. The molecule has 246 valence electrons. The van der Waals surface area contributed by atoms with Gasteiger partial charge in [0.05, 0.1) is 25.0 Å². The van der Waals surface area contributed by atoms with Crippen LogP contribution in [0.3, 0.4) is 0 Å². The largest absolute Gasteiger partial charge is 0.351 e. The van der Waals surface area contributed by atoms with Crippen molar-refractivity contribution in [3.8, 4) is 0 Å². The van der Waals surface area contributed by atoms with E-state index >= 15 is 0 Å². The third kappa shape index (κ3) is 9.07. The van der Waals surface area contributed by atoms with Crippen molar-refractivity contribution in [2.45, 2.75) is 59.0 Å². The zero-order valence-corrected chi connectivity index (χ0v) is 28.5. The molecule has 3 N–H and O–H groups in total. The second kappa shape index (κ2) is 15.4. The van der Waals surface area contributed by atoms with E-state index in [9.17, 15) is 19.2 Å². The number of amides is 4. The van der Waals surface area contributed by atoms with Crippen LogP contribution in [0, 0.1) is 19.8 Å². The summed E-state index contributed by atoms with van der Waals surface area (Å²) in [6, 6.07) is 12.5. The van der Waals surface area contributed by atoms with E-state index in [4.69, 9.17) is 0 Å². The number of rotatable bonds is 5. The van der Waals surface area contributed by atoms with Gasteiger partial charge < -0.3 is 20.9 Å². The minimum atomic E-state index is -0.525. The maximum Gasteiger partial charge on any atom is 0.271 e. The van der Waals surface area contributed by atoms with Crippen LogP contribution in [0.5, 0.6) is 0 Å². The molecule has 4 amide bonds. The summed E-state index contributed by atoms with van der Waals surface area (Å²) in [6.45, 7) is 8.08. The lowest BCUT2D eigenvalue weighted by Crippen LogP contribution is -2.44. The monoisotopic (exact) mass is 673 g/mol. The lowest BCUT2D eigenvalue weighted by molar-refractivity contribution is -0.135. The van der Waals surface area contributed by atoms with Crippen LogP contribution in [0.25, 0.3) is 0 Å². The van der Waals surface area contributed by atoms with Crippen LogP contribution >= 0.6 is 22.7 Å². The third-order valence-electron chi connectivity index (χ3n) is 7.72. The number of nitrogens with zero attached hydrogens (tertiary/aromatic N) is 4. The molecule has 0 unspecified atom stereocenters. The first-order chi connectivity index (χ1) is 22.5. The SMILES string of the molecule is Cc1cc(CC(=O)N2CCCNC(=O)c3csc(n3)[C@H](C(C)C)NC(=O)c3csc(n3)[C@H](Cc3ccccc3)NC(=O)C2)cc(C)n1. The van der Waals surface area contributed by atoms with Gasteiger partial charge in [-0.1, -0.05) is 44.2 Å². The molecule has 47 heavy (non-hydrogen) atoms. The molecule has 4 bridgehead atoms. The number of carbonyl (C=O) groups is 4. The molecule has 1 aliphatic rings. The van der Waals surface area contributed by atoms with Crippen LogP contribution in [0.15, 0.2) is 53.2 Å². The van der Waals surface area contributed by atoms with E-state index in [2.05, 4.69) is 30.9 Å². The summed E-state index contributed by atoms with van der Waals surface area (Å²) >= 11 is 2.61.